The van der Waals surface area contributed by atoms with Crippen molar-refractivity contribution in [2.24, 2.45) is 0 Å². The number of hydrogen-bond donors (Lipinski definition) is 1. The summed E-state index contributed by atoms with van der Waals surface area (Å²) >= 11 is 20.4. The normalized spacial score (nSPS) is 17.2. The van der Waals surface area contributed by atoms with Gasteiger partial charge in [0.1, 0.15) is 6.10 Å². The van der Waals surface area contributed by atoms with Crippen molar-refractivity contribution in [1.82, 2.24) is 0 Å². The lowest BCUT2D eigenvalue weighted by Crippen LogP contribution is -2.34. The van der Waals surface area contributed by atoms with Crippen molar-refractivity contribution >= 4 is 60.6 Å². The SMILES string of the molecule is CCS(=O)(=O)C(Cl)(Br)C(O)c1ccc(Cl)cc1Cl. The van der Waals surface area contributed by atoms with Gasteiger partial charge in [-0.3, -0.25) is 0 Å². The van der Waals surface area contributed by atoms with Crippen LogP contribution in [0.4, 0.5) is 0 Å². The number of halogens is 4. The van der Waals surface area contributed by atoms with Crippen LogP contribution in [0.15, 0.2) is 18.2 Å². The van der Waals surface area contributed by atoms with Gasteiger partial charge < -0.3 is 5.11 Å². The fraction of sp³-hybridized carbons (Fsp3) is 0.400. The Hall–Kier alpha value is 0.480. The molecule has 18 heavy (non-hydrogen) atoms. The highest BCUT2D eigenvalue weighted by atomic mass is 79.9. The Balaban J connectivity index is 3.26. The summed E-state index contributed by atoms with van der Waals surface area (Å²) in [5, 5.41) is 10.6. The van der Waals surface area contributed by atoms with Crippen LogP contribution in [0.25, 0.3) is 0 Å². The van der Waals surface area contributed by atoms with E-state index in [1.165, 1.54) is 25.1 Å². The highest BCUT2D eigenvalue weighted by Gasteiger charge is 2.46. The molecule has 0 fully saturated rings. The maximum Gasteiger partial charge on any atom is 0.229 e. The maximum atomic E-state index is 11.8. The van der Waals surface area contributed by atoms with Crippen molar-refractivity contribution < 1.29 is 13.5 Å². The molecular weight excluding hydrogens is 386 g/mol. The summed E-state index contributed by atoms with van der Waals surface area (Å²) in [4.78, 5) is 0. The van der Waals surface area contributed by atoms with E-state index in [9.17, 15) is 13.5 Å². The zero-order valence-electron chi connectivity index (χ0n) is 9.20. The summed E-state index contributed by atoms with van der Waals surface area (Å²) in [5.41, 5.74) is 0.185. The lowest BCUT2D eigenvalue weighted by atomic mass is 10.1. The van der Waals surface area contributed by atoms with E-state index in [0.29, 0.717) is 5.02 Å². The Bertz CT molecular complexity index is 545. The van der Waals surface area contributed by atoms with Crippen LogP contribution in [0.2, 0.25) is 10.0 Å². The molecule has 0 saturated carbocycles. The molecule has 1 rings (SSSR count). The number of benzene rings is 1. The molecule has 0 radical (unpaired) electrons. The highest BCUT2D eigenvalue weighted by molar-refractivity contribution is 9.12. The van der Waals surface area contributed by atoms with Gasteiger partial charge in [-0.2, -0.15) is 0 Å². The molecule has 102 valence electrons. The van der Waals surface area contributed by atoms with Crippen molar-refractivity contribution in [2.45, 2.75) is 16.1 Å². The molecule has 8 heteroatoms. The summed E-state index contributed by atoms with van der Waals surface area (Å²) in [6, 6.07) is 4.32. The van der Waals surface area contributed by atoms with E-state index in [1.807, 2.05) is 0 Å². The quantitative estimate of drug-likeness (QED) is 0.789. The van der Waals surface area contributed by atoms with Crippen LogP contribution in [-0.4, -0.2) is 22.4 Å². The first-order valence-corrected chi connectivity index (χ1v) is 8.44. The van der Waals surface area contributed by atoms with E-state index in [2.05, 4.69) is 15.9 Å². The molecule has 0 aliphatic heterocycles. The monoisotopic (exact) mass is 394 g/mol. The van der Waals surface area contributed by atoms with Crippen LogP contribution >= 0.6 is 50.7 Å². The zero-order chi connectivity index (χ0) is 14.1. The second kappa shape index (κ2) is 5.85. The standard InChI is InChI=1S/C10H10BrCl3O3S/c1-2-18(16,17)10(11,14)9(15)7-4-3-6(12)5-8(7)13/h3-5,9,15H,2H2,1H3. The molecule has 2 atom stereocenters. The topological polar surface area (TPSA) is 54.4 Å². The number of aliphatic hydroxyl groups excluding tert-OH is 1. The number of sulfone groups is 1. The van der Waals surface area contributed by atoms with E-state index in [-0.39, 0.29) is 16.3 Å². The van der Waals surface area contributed by atoms with Gasteiger partial charge in [-0.15, -0.1) is 0 Å². The average Bonchev–Trinajstić information content (AvgIpc) is 2.28. The van der Waals surface area contributed by atoms with Gasteiger partial charge in [0.2, 0.25) is 3.12 Å². The highest BCUT2D eigenvalue weighted by Crippen LogP contribution is 2.44. The van der Waals surface area contributed by atoms with Gasteiger partial charge in [0.25, 0.3) is 0 Å². The smallest absolute Gasteiger partial charge is 0.229 e. The van der Waals surface area contributed by atoms with E-state index in [4.69, 9.17) is 34.8 Å². The lowest BCUT2D eigenvalue weighted by molar-refractivity contribution is 0.185. The van der Waals surface area contributed by atoms with Crippen LogP contribution in [0.3, 0.4) is 0 Å². The molecule has 2 unspecified atom stereocenters. The first-order valence-electron chi connectivity index (χ1n) is 4.86. The van der Waals surface area contributed by atoms with Crippen molar-refractivity contribution in [3.8, 4) is 0 Å². The van der Waals surface area contributed by atoms with Crippen LogP contribution in [-0.2, 0) is 9.84 Å². The van der Waals surface area contributed by atoms with E-state index in [1.54, 1.807) is 0 Å². The minimum atomic E-state index is -3.73. The van der Waals surface area contributed by atoms with E-state index >= 15 is 0 Å². The second-order valence-electron chi connectivity index (χ2n) is 3.53. The molecule has 0 aromatic heterocycles. The molecule has 1 N–H and O–H groups in total. The maximum absolute atomic E-state index is 11.8. The van der Waals surface area contributed by atoms with Gasteiger partial charge in [-0.25, -0.2) is 8.42 Å². The Labute approximate surface area is 129 Å². The molecule has 0 spiro atoms. The molecule has 0 amide bonds. The summed E-state index contributed by atoms with van der Waals surface area (Å²) in [6.45, 7) is 1.43. The van der Waals surface area contributed by atoms with Gasteiger partial charge in [-0.05, 0) is 28.1 Å². The Kier molecular flexibility index (Phi) is 5.38. The first kappa shape index (κ1) is 16.5. The third-order valence-corrected chi connectivity index (χ3v) is 7.57. The predicted octanol–water partition coefficient (Wildman–Crippen LogP) is 3.75. The summed E-state index contributed by atoms with van der Waals surface area (Å²) < 4.78 is 21.6. The fourth-order valence-corrected chi connectivity index (χ4v) is 4.01. The fourth-order valence-electron chi connectivity index (χ4n) is 1.27. The summed E-state index contributed by atoms with van der Waals surface area (Å²) in [7, 11) is -3.73. The van der Waals surface area contributed by atoms with Crippen molar-refractivity contribution in [1.29, 1.82) is 0 Å². The molecule has 0 heterocycles. The van der Waals surface area contributed by atoms with E-state index in [0.717, 1.165) is 0 Å². The lowest BCUT2D eigenvalue weighted by Gasteiger charge is -2.26. The number of alkyl halides is 2. The molecule has 1 aromatic carbocycles. The van der Waals surface area contributed by atoms with Crippen LogP contribution in [0.5, 0.6) is 0 Å². The van der Waals surface area contributed by atoms with Gasteiger partial charge in [0.15, 0.2) is 9.84 Å². The molecule has 1 aromatic rings. The molecule has 0 bridgehead atoms. The minimum Gasteiger partial charge on any atom is -0.384 e. The Morgan fingerprint density at radius 1 is 1.44 bits per heavy atom. The van der Waals surface area contributed by atoms with Crippen LogP contribution < -0.4 is 0 Å². The largest absolute Gasteiger partial charge is 0.384 e. The minimum absolute atomic E-state index is 0.144. The number of aliphatic hydroxyl groups is 1. The predicted molar refractivity (Wildman–Crippen MR) is 78.4 cm³/mol. The van der Waals surface area contributed by atoms with Gasteiger partial charge in [-0.1, -0.05) is 47.8 Å². The van der Waals surface area contributed by atoms with Gasteiger partial charge in [0.05, 0.1) is 5.75 Å². The third kappa shape index (κ3) is 3.14. The van der Waals surface area contributed by atoms with Crippen molar-refractivity contribution in [3.63, 3.8) is 0 Å². The molecule has 0 saturated heterocycles. The second-order valence-corrected chi connectivity index (χ2v) is 9.88. The number of hydrogen-bond acceptors (Lipinski definition) is 3. The summed E-state index contributed by atoms with van der Waals surface area (Å²) in [5.74, 6) is -0.218. The van der Waals surface area contributed by atoms with Gasteiger partial charge in [0, 0.05) is 15.6 Å². The molecule has 3 nitrogen and oxygen atoms in total. The van der Waals surface area contributed by atoms with Gasteiger partial charge >= 0.3 is 0 Å². The molecule has 0 aliphatic carbocycles. The zero-order valence-corrected chi connectivity index (χ0v) is 13.9. The Morgan fingerprint density at radius 2 is 2.00 bits per heavy atom. The first-order chi connectivity index (χ1) is 8.13. The van der Waals surface area contributed by atoms with Crippen LogP contribution in [0, 0.1) is 0 Å². The van der Waals surface area contributed by atoms with Crippen LogP contribution in [0.1, 0.15) is 18.6 Å². The molecule has 0 aliphatic rings. The third-order valence-electron chi connectivity index (χ3n) is 2.37. The average molecular weight is 397 g/mol. The molecular formula is C10H10BrCl3O3S. The van der Waals surface area contributed by atoms with E-state index < -0.39 is 19.1 Å². The number of rotatable bonds is 4. The Morgan fingerprint density at radius 3 is 2.44 bits per heavy atom. The summed E-state index contributed by atoms with van der Waals surface area (Å²) in [6.07, 6.45) is -1.52. The van der Waals surface area contributed by atoms with Crippen molar-refractivity contribution in [3.05, 3.63) is 33.8 Å². The van der Waals surface area contributed by atoms with Crippen molar-refractivity contribution in [2.75, 3.05) is 5.75 Å².